The summed E-state index contributed by atoms with van der Waals surface area (Å²) in [4.78, 5) is 22.6. The molecule has 2 N–H and O–H groups in total. The van der Waals surface area contributed by atoms with E-state index in [1.54, 1.807) is 0 Å². The minimum atomic E-state index is -0.729. The maximum absolute atomic E-state index is 11.4. The lowest BCUT2D eigenvalue weighted by molar-refractivity contribution is -0.119. The van der Waals surface area contributed by atoms with Crippen LogP contribution in [0.1, 0.15) is 25.5 Å². The number of nitrogens with one attached hydrogen (secondary N) is 2. The molecule has 4 nitrogen and oxygen atoms in total. The number of rotatable bonds is 3. The molecule has 0 aliphatic heterocycles. The molecule has 1 aromatic carbocycles. The van der Waals surface area contributed by atoms with Gasteiger partial charge in [0.2, 0.25) is 5.91 Å². The first kappa shape index (κ1) is 13.5. The number of carbonyl (C=O) groups is 2. The Bertz CT molecular complexity index is 393. The van der Waals surface area contributed by atoms with Crippen LogP contribution in [0, 0.1) is 0 Å². The van der Waals surface area contributed by atoms with Gasteiger partial charge in [0.1, 0.15) is 5.38 Å². The van der Waals surface area contributed by atoms with Gasteiger partial charge in [-0.25, -0.2) is 4.79 Å². The van der Waals surface area contributed by atoms with Crippen molar-refractivity contribution in [3.05, 3.63) is 35.9 Å². The Hall–Kier alpha value is -1.55. The quantitative estimate of drug-likeness (QED) is 0.813. The third kappa shape index (κ3) is 4.44. The van der Waals surface area contributed by atoms with Gasteiger partial charge in [0, 0.05) is 0 Å². The van der Waals surface area contributed by atoms with Crippen LogP contribution < -0.4 is 10.6 Å². The molecule has 0 saturated heterocycles. The third-order valence-corrected chi connectivity index (χ3v) is 2.44. The van der Waals surface area contributed by atoms with E-state index >= 15 is 0 Å². The summed E-state index contributed by atoms with van der Waals surface area (Å²) in [6.45, 7) is 3.34. The van der Waals surface area contributed by atoms with Crippen LogP contribution in [0.4, 0.5) is 4.79 Å². The zero-order valence-electron chi connectivity index (χ0n) is 9.74. The lowest BCUT2D eigenvalue weighted by Gasteiger charge is -2.14. The molecule has 1 rings (SSSR count). The zero-order chi connectivity index (χ0) is 12.8. The molecule has 2 unspecified atom stereocenters. The van der Waals surface area contributed by atoms with Gasteiger partial charge in [-0.2, -0.15) is 0 Å². The number of hydrogen-bond donors (Lipinski definition) is 2. The van der Waals surface area contributed by atoms with E-state index in [0.29, 0.717) is 0 Å². The topological polar surface area (TPSA) is 58.2 Å². The summed E-state index contributed by atoms with van der Waals surface area (Å²) in [6.07, 6.45) is 0. The van der Waals surface area contributed by atoms with E-state index in [2.05, 4.69) is 10.6 Å². The number of urea groups is 1. The van der Waals surface area contributed by atoms with Crippen molar-refractivity contribution in [1.82, 2.24) is 10.6 Å². The molecule has 2 atom stereocenters. The summed E-state index contributed by atoms with van der Waals surface area (Å²) in [7, 11) is 0. The average molecular weight is 255 g/mol. The predicted molar refractivity (Wildman–Crippen MR) is 66.8 cm³/mol. The second-order valence-corrected chi connectivity index (χ2v) is 4.37. The summed E-state index contributed by atoms with van der Waals surface area (Å²) in [5.41, 5.74) is 0.967. The fourth-order valence-electron chi connectivity index (χ4n) is 1.27. The molecule has 17 heavy (non-hydrogen) atoms. The van der Waals surface area contributed by atoms with Crippen LogP contribution >= 0.6 is 11.6 Å². The Kier molecular flexibility index (Phi) is 4.97. The molecule has 5 heteroatoms. The van der Waals surface area contributed by atoms with E-state index in [-0.39, 0.29) is 6.04 Å². The van der Waals surface area contributed by atoms with E-state index in [1.165, 1.54) is 6.92 Å². The molecule has 1 aromatic rings. The van der Waals surface area contributed by atoms with Gasteiger partial charge in [-0.05, 0) is 19.4 Å². The molecule has 0 bridgehead atoms. The van der Waals surface area contributed by atoms with E-state index in [4.69, 9.17) is 11.6 Å². The molecule has 0 fully saturated rings. The Morgan fingerprint density at radius 1 is 1.18 bits per heavy atom. The summed E-state index contributed by atoms with van der Waals surface area (Å²) in [5, 5.41) is 4.08. The molecular formula is C12H15ClN2O2. The van der Waals surface area contributed by atoms with Crippen molar-refractivity contribution >= 4 is 23.5 Å². The van der Waals surface area contributed by atoms with Crippen LogP contribution in [0.3, 0.4) is 0 Å². The zero-order valence-corrected chi connectivity index (χ0v) is 10.5. The average Bonchev–Trinajstić information content (AvgIpc) is 2.29. The van der Waals surface area contributed by atoms with Gasteiger partial charge in [0.15, 0.2) is 0 Å². The smallest absolute Gasteiger partial charge is 0.321 e. The molecule has 92 valence electrons. The van der Waals surface area contributed by atoms with Crippen molar-refractivity contribution in [2.24, 2.45) is 0 Å². The van der Waals surface area contributed by atoms with Crippen LogP contribution in [-0.2, 0) is 4.79 Å². The number of halogens is 1. The highest BCUT2D eigenvalue weighted by Gasteiger charge is 2.14. The van der Waals surface area contributed by atoms with Gasteiger partial charge in [0.05, 0.1) is 6.04 Å². The van der Waals surface area contributed by atoms with Crippen LogP contribution in [0.5, 0.6) is 0 Å². The van der Waals surface area contributed by atoms with Crippen LogP contribution in [0.25, 0.3) is 0 Å². The number of carbonyl (C=O) groups excluding carboxylic acids is 2. The molecule has 0 aliphatic carbocycles. The van der Waals surface area contributed by atoms with Gasteiger partial charge in [-0.1, -0.05) is 30.3 Å². The summed E-state index contributed by atoms with van der Waals surface area (Å²) < 4.78 is 0. The van der Waals surface area contributed by atoms with Gasteiger partial charge in [-0.15, -0.1) is 11.6 Å². The Balaban J connectivity index is 2.50. The van der Waals surface area contributed by atoms with Crippen molar-refractivity contribution in [2.75, 3.05) is 0 Å². The normalized spacial score (nSPS) is 13.6. The highest BCUT2D eigenvalue weighted by atomic mass is 35.5. The van der Waals surface area contributed by atoms with Gasteiger partial charge in [-0.3, -0.25) is 10.1 Å². The van der Waals surface area contributed by atoms with Crippen molar-refractivity contribution in [2.45, 2.75) is 25.3 Å². The molecular weight excluding hydrogens is 240 g/mol. The van der Waals surface area contributed by atoms with Gasteiger partial charge >= 0.3 is 6.03 Å². The second kappa shape index (κ2) is 6.25. The molecule has 0 spiro atoms. The standard InChI is InChI=1S/C12H15ClN2O2/c1-8(13)11(16)15-12(17)14-9(2)10-6-4-3-5-7-10/h3-9H,1-2H3,(H2,14,15,16,17). The monoisotopic (exact) mass is 254 g/mol. The molecule has 0 aliphatic rings. The van der Waals surface area contributed by atoms with E-state index in [9.17, 15) is 9.59 Å². The fraction of sp³-hybridized carbons (Fsp3) is 0.333. The predicted octanol–water partition coefficient (Wildman–Crippen LogP) is 2.20. The third-order valence-electron chi connectivity index (χ3n) is 2.25. The molecule has 0 heterocycles. The minimum absolute atomic E-state index is 0.172. The van der Waals surface area contributed by atoms with Crippen LogP contribution in [0.2, 0.25) is 0 Å². The van der Waals surface area contributed by atoms with E-state index in [1.807, 2.05) is 37.3 Å². The first-order valence-corrected chi connectivity index (χ1v) is 5.74. The van der Waals surface area contributed by atoms with Crippen molar-refractivity contribution < 1.29 is 9.59 Å². The minimum Gasteiger partial charge on any atom is -0.331 e. The largest absolute Gasteiger partial charge is 0.331 e. The number of alkyl halides is 1. The maximum atomic E-state index is 11.4. The highest BCUT2D eigenvalue weighted by Crippen LogP contribution is 2.10. The second-order valence-electron chi connectivity index (χ2n) is 3.71. The lowest BCUT2D eigenvalue weighted by atomic mass is 10.1. The number of hydrogen-bond acceptors (Lipinski definition) is 2. The highest BCUT2D eigenvalue weighted by molar-refractivity contribution is 6.31. The first-order valence-electron chi connectivity index (χ1n) is 5.31. The van der Waals surface area contributed by atoms with Crippen molar-refractivity contribution in [1.29, 1.82) is 0 Å². The Morgan fingerprint density at radius 3 is 2.29 bits per heavy atom. The Labute approximate surface area is 105 Å². The molecule has 0 saturated carbocycles. The number of benzene rings is 1. The summed E-state index contributed by atoms with van der Waals surface area (Å²) in [5.74, 6) is -0.510. The summed E-state index contributed by atoms with van der Waals surface area (Å²) >= 11 is 5.53. The van der Waals surface area contributed by atoms with E-state index in [0.717, 1.165) is 5.56 Å². The fourth-order valence-corrected chi connectivity index (χ4v) is 1.32. The van der Waals surface area contributed by atoms with Gasteiger partial charge < -0.3 is 5.32 Å². The molecule has 0 aromatic heterocycles. The lowest BCUT2D eigenvalue weighted by Crippen LogP contribution is -2.43. The molecule has 3 amide bonds. The number of imide groups is 1. The summed E-state index contributed by atoms with van der Waals surface area (Å²) in [6, 6.07) is 8.76. The maximum Gasteiger partial charge on any atom is 0.321 e. The van der Waals surface area contributed by atoms with Crippen molar-refractivity contribution in [3.63, 3.8) is 0 Å². The first-order chi connectivity index (χ1) is 8.00. The van der Waals surface area contributed by atoms with Crippen LogP contribution in [-0.4, -0.2) is 17.3 Å². The van der Waals surface area contributed by atoms with E-state index < -0.39 is 17.3 Å². The van der Waals surface area contributed by atoms with Crippen molar-refractivity contribution in [3.8, 4) is 0 Å². The van der Waals surface area contributed by atoms with Gasteiger partial charge in [0.25, 0.3) is 0 Å². The Morgan fingerprint density at radius 2 is 1.76 bits per heavy atom. The number of amides is 3. The van der Waals surface area contributed by atoms with Crippen LogP contribution in [0.15, 0.2) is 30.3 Å². The SMILES string of the molecule is CC(Cl)C(=O)NC(=O)NC(C)c1ccccc1. The molecule has 0 radical (unpaired) electrons.